The highest BCUT2D eigenvalue weighted by Gasteiger charge is 2.65. The van der Waals surface area contributed by atoms with E-state index in [2.05, 4.69) is 30.4 Å². The molecular weight excluding hydrogens is 496 g/mol. The number of carboxylic acid groups (broad SMARTS) is 1. The number of carbonyl (C=O) groups excluding carboxylic acids is 2. The zero-order valence-electron chi connectivity index (χ0n) is 23.8. The van der Waals surface area contributed by atoms with Gasteiger partial charge >= 0.3 is 5.97 Å². The normalized spacial score (nSPS) is 42.5. The average Bonchev–Trinajstić information content (AvgIpc) is 3.19. The van der Waals surface area contributed by atoms with E-state index < -0.39 is 11.6 Å². The summed E-state index contributed by atoms with van der Waals surface area (Å²) in [6.07, 6.45) is 12.6. The molecule has 5 aliphatic carbocycles. The number of hydrogen-bond donors (Lipinski definition) is 3. The van der Waals surface area contributed by atoms with Crippen molar-refractivity contribution < 1.29 is 29.4 Å². The quantitative estimate of drug-likeness (QED) is 0.402. The van der Waals surface area contributed by atoms with E-state index in [1.807, 2.05) is 0 Å². The lowest BCUT2D eigenvalue weighted by Crippen LogP contribution is -2.57. The summed E-state index contributed by atoms with van der Waals surface area (Å²) in [6, 6.07) is 0. The number of fused-ring (bicyclic) bond motifs is 5. The number of amides is 1. The smallest absolute Gasteiger partial charge is 0.306 e. The third kappa shape index (κ3) is 4.95. The molecule has 0 spiro atoms. The number of ketones is 1. The Morgan fingerprint density at radius 1 is 1.00 bits per heavy atom. The predicted molar refractivity (Wildman–Crippen MR) is 147 cm³/mol. The number of nitrogens with one attached hydrogen (secondary N) is 1. The van der Waals surface area contributed by atoms with Crippen LogP contribution in [0.15, 0.2) is 16.8 Å². The number of rotatable bonds is 7. The van der Waals surface area contributed by atoms with Crippen molar-refractivity contribution >= 4 is 23.4 Å². The number of aliphatic carboxylic acids is 1. The summed E-state index contributed by atoms with van der Waals surface area (Å²) in [5, 5.41) is 27.7. The Balaban J connectivity index is 1.14. The number of Topliss-reactive ketones (excluding diaryl/α,β-unsaturated/α-hetero) is 1. The molecular formula is C31H46N2O6. The molecule has 0 aromatic rings. The average molecular weight is 543 g/mol. The Hall–Kier alpha value is -2.22. The third-order valence-electron chi connectivity index (χ3n) is 11.9. The van der Waals surface area contributed by atoms with Gasteiger partial charge in [0.1, 0.15) is 5.60 Å². The summed E-state index contributed by atoms with van der Waals surface area (Å²) in [5.41, 5.74) is 0.952. The molecule has 3 N–H and O–H groups in total. The molecule has 0 aliphatic heterocycles. The lowest BCUT2D eigenvalue weighted by Gasteiger charge is -2.59. The Morgan fingerprint density at radius 2 is 1.72 bits per heavy atom. The van der Waals surface area contributed by atoms with Crippen molar-refractivity contribution in [2.45, 2.75) is 103 Å². The summed E-state index contributed by atoms with van der Waals surface area (Å²) in [5.74, 6) is 0.599. The number of aliphatic hydroxyl groups is 1. The highest BCUT2D eigenvalue weighted by molar-refractivity contribution is 5.96. The third-order valence-corrected chi connectivity index (χ3v) is 11.9. The van der Waals surface area contributed by atoms with Gasteiger partial charge in [-0.05, 0) is 119 Å². The van der Waals surface area contributed by atoms with Crippen LogP contribution in [0, 0.1) is 40.4 Å². The minimum Gasteiger partial charge on any atom is -0.481 e. The van der Waals surface area contributed by atoms with E-state index in [1.165, 1.54) is 5.57 Å². The van der Waals surface area contributed by atoms with Crippen molar-refractivity contribution in [3.05, 3.63) is 11.6 Å². The number of carbonyl (C=O) groups is 3. The number of carboxylic acids is 1. The molecule has 8 nitrogen and oxygen atoms in total. The summed E-state index contributed by atoms with van der Waals surface area (Å²) in [4.78, 5) is 41.3. The van der Waals surface area contributed by atoms with Gasteiger partial charge in [-0.3, -0.25) is 14.4 Å². The summed E-state index contributed by atoms with van der Waals surface area (Å²) < 4.78 is 0. The highest BCUT2D eigenvalue weighted by Crippen LogP contribution is 2.67. The van der Waals surface area contributed by atoms with E-state index in [0.29, 0.717) is 49.5 Å². The van der Waals surface area contributed by atoms with Crippen LogP contribution in [0.3, 0.4) is 0 Å². The molecule has 5 aliphatic rings. The van der Waals surface area contributed by atoms with Crippen molar-refractivity contribution in [1.82, 2.24) is 5.32 Å². The van der Waals surface area contributed by atoms with E-state index in [-0.39, 0.29) is 35.0 Å². The molecule has 0 saturated heterocycles. The molecule has 1 amide bonds. The molecule has 4 saturated carbocycles. The molecule has 0 heterocycles. The fraction of sp³-hybridized carbons (Fsp3) is 0.806. The van der Waals surface area contributed by atoms with Gasteiger partial charge in [0.15, 0.2) is 12.4 Å². The van der Waals surface area contributed by atoms with Gasteiger partial charge in [-0.25, -0.2) is 0 Å². The van der Waals surface area contributed by atoms with Gasteiger partial charge in [0.25, 0.3) is 5.91 Å². The summed E-state index contributed by atoms with van der Waals surface area (Å²) in [7, 11) is 0. The lowest BCUT2D eigenvalue weighted by molar-refractivity contribution is -0.159. The summed E-state index contributed by atoms with van der Waals surface area (Å²) >= 11 is 0. The minimum atomic E-state index is -1.17. The van der Waals surface area contributed by atoms with E-state index in [0.717, 1.165) is 63.5 Å². The maximum Gasteiger partial charge on any atom is 0.306 e. The molecule has 5 rings (SSSR count). The first kappa shape index (κ1) is 28.3. The topological polar surface area (TPSA) is 125 Å². The Morgan fingerprint density at radius 3 is 2.41 bits per heavy atom. The fourth-order valence-electron chi connectivity index (χ4n) is 9.33. The molecule has 39 heavy (non-hydrogen) atoms. The van der Waals surface area contributed by atoms with Gasteiger partial charge in [0.2, 0.25) is 0 Å². The fourth-order valence-corrected chi connectivity index (χ4v) is 9.33. The van der Waals surface area contributed by atoms with Gasteiger partial charge in [0, 0.05) is 12.0 Å². The second-order valence-corrected chi connectivity index (χ2v) is 13.6. The zero-order valence-corrected chi connectivity index (χ0v) is 23.8. The Labute approximate surface area is 232 Å². The van der Waals surface area contributed by atoms with Crippen LogP contribution in [0.2, 0.25) is 0 Å². The molecule has 8 heteroatoms. The molecule has 0 unspecified atom stereocenters. The van der Waals surface area contributed by atoms with Gasteiger partial charge in [-0.1, -0.05) is 24.6 Å². The van der Waals surface area contributed by atoms with E-state index in [1.54, 1.807) is 6.92 Å². The highest BCUT2D eigenvalue weighted by atomic mass is 16.6. The number of allylic oxidation sites excluding steroid dienone is 2. The van der Waals surface area contributed by atoms with Crippen LogP contribution in [0.1, 0.15) is 97.8 Å². The first-order valence-electron chi connectivity index (χ1n) is 15.1. The molecule has 216 valence electrons. The first-order chi connectivity index (χ1) is 18.5. The largest absolute Gasteiger partial charge is 0.481 e. The standard InChI is InChI=1S/C31H46N2O6/c1-19(34)31(38)15-12-26-24-9-8-22-16-23(10-13-29(22,2)25(24)11-14-30(26,31)3)33-39-18-27(35)32-17-20-4-6-21(7-5-20)28(36)37/h16,20-21,24-26,38H,4-15,17-18H2,1-3H3,(H,32,35)(H,36,37)/b33-23-/t20?,21?,24-,25+,26+,29-,30-,31-/m0/s1. The number of nitrogens with zero attached hydrogens (tertiary/aromatic N) is 1. The van der Waals surface area contributed by atoms with E-state index >= 15 is 0 Å². The van der Waals surface area contributed by atoms with E-state index in [4.69, 9.17) is 9.94 Å². The Bertz CT molecular complexity index is 1060. The predicted octanol–water partition coefficient (Wildman–Crippen LogP) is 4.65. The molecule has 6 atom stereocenters. The SMILES string of the molecule is CC(=O)[C@@]1(O)CC[C@@H]2[C@H]3CCC4=C/C(=N\OCC(=O)NCC5CCC(C(=O)O)CC5)CC[C@]4(C)[C@@H]3CC[C@@]21C. The van der Waals surface area contributed by atoms with Crippen LogP contribution < -0.4 is 5.32 Å². The van der Waals surface area contributed by atoms with Crippen molar-refractivity contribution in [3.8, 4) is 0 Å². The van der Waals surface area contributed by atoms with E-state index in [9.17, 15) is 19.5 Å². The second kappa shape index (κ2) is 10.6. The van der Waals surface area contributed by atoms with Crippen LogP contribution in [-0.4, -0.2) is 52.3 Å². The molecule has 4 fully saturated rings. The van der Waals surface area contributed by atoms with Crippen LogP contribution >= 0.6 is 0 Å². The number of oxime groups is 1. The van der Waals surface area contributed by atoms with Crippen LogP contribution in [0.5, 0.6) is 0 Å². The summed E-state index contributed by atoms with van der Waals surface area (Å²) in [6.45, 7) is 6.57. The lowest BCUT2D eigenvalue weighted by atomic mass is 9.46. The first-order valence-corrected chi connectivity index (χ1v) is 15.1. The Kier molecular flexibility index (Phi) is 7.72. The van der Waals surface area contributed by atoms with Crippen LogP contribution in [0.25, 0.3) is 0 Å². The monoisotopic (exact) mass is 542 g/mol. The van der Waals surface area contributed by atoms with Gasteiger partial charge in [0.05, 0.1) is 11.6 Å². The van der Waals surface area contributed by atoms with Crippen molar-refractivity contribution in [2.24, 2.45) is 45.6 Å². The minimum absolute atomic E-state index is 0.0661. The second-order valence-electron chi connectivity index (χ2n) is 13.6. The zero-order chi connectivity index (χ0) is 28.0. The van der Waals surface area contributed by atoms with Gasteiger partial charge < -0.3 is 20.4 Å². The maximum absolute atomic E-state index is 12.5. The maximum atomic E-state index is 12.5. The van der Waals surface area contributed by atoms with Crippen molar-refractivity contribution in [1.29, 1.82) is 0 Å². The van der Waals surface area contributed by atoms with Gasteiger partial charge in [-0.2, -0.15) is 0 Å². The van der Waals surface area contributed by atoms with Crippen molar-refractivity contribution in [2.75, 3.05) is 13.2 Å². The van der Waals surface area contributed by atoms with Crippen LogP contribution in [0.4, 0.5) is 0 Å². The molecule has 0 aromatic heterocycles. The molecule has 0 aromatic carbocycles. The van der Waals surface area contributed by atoms with Crippen molar-refractivity contribution in [3.63, 3.8) is 0 Å². The van der Waals surface area contributed by atoms with Crippen LogP contribution in [-0.2, 0) is 19.2 Å². The molecule has 0 bridgehead atoms. The molecule has 0 radical (unpaired) electrons. The number of hydrogen-bond acceptors (Lipinski definition) is 6. The van der Waals surface area contributed by atoms with Gasteiger partial charge in [-0.15, -0.1) is 0 Å².